The Labute approximate surface area is 124 Å². The number of nitrogens with zero attached hydrogens (tertiary/aromatic N) is 1. The second-order valence-corrected chi connectivity index (χ2v) is 6.98. The Hall–Kier alpha value is -1.66. The maximum Gasteiger partial charge on any atom is 0.243 e. The maximum atomic E-state index is 12.5. The van der Waals surface area contributed by atoms with Crippen LogP contribution in [0.1, 0.15) is 31.2 Å². The first-order valence-electron chi connectivity index (χ1n) is 6.99. The van der Waals surface area contributed by atoms with Crippen LogP contribution >= 0.6 is 0 Å². The van der Waals surface area contributed by atoms with Gasteiger partial charge in [-0.25, -0.2) is 8.42 Å². The Morgan fingerprint density at radius 2 is 1.62 bits per heavy atom. The van der Waals surface area contributed by atoms with Crippen LogP contribution in [0.4, 0.5) is 0 Å². The molecule has 0 N–H and O–H groups in total. The van der Waals surface area contributed by atoms with Crippen molar-refractivity contribution in [3.63, 3.8) is 0 Å². The predicted octanol–water partition coefficient (Wildman–Crippen LogP) is 1.01. The largest absolute Gasteiger partial charge is 0.545 e. The fourth-order valence-corrected chi connectivity index (χ4v) is 3.86. The van der Waals surface area contributed by atoms with Gasteiger partial charge in [-0.15, -0.1) is 0 Å². The van der Waals surface area contributed by atoms with Crippen molar-refractivity contribution in [3.8, 4) is 0 Å². The van der Waals surface area contributed by atoms with E-state index < -0.39 is 16.0 Å². The van der Waals surface area contributed by atoms with Crippen molar-refractivity contribution in [2.24, 2.45) is 0 Å². The van der Waals surface area contributed by atoms with Gasteiger partial charge in [0.25, 0.3) is 0 Å². The molecule has 0 spiro atoms. The minimum absolute atomic E-state index is 0.245. The molecule has 5 nitrogen and oxygen atoms in total. The molecule has 2 rings (SSSR count). The van der Waals surface area contributed by atoms with E-state index >= 15 is 0 Å². The van der Waals surface area contributed by atoms with Crippen LogP contribution in [0.5, 0.6) is 0 Å². The van der Waals surface area contributed by atoms with Crippen molar-refractivity contribution in [1.29, 1.82) is 0 Å². The number of sulfonamides is 1. The van der Waals surface area contributed by atoms with Crippen molar-refractivity contribution >= 4 is 22.1 Å². The van der Waals surface area contributed by atoms with E-state index in [0.717, 1.165) is 31.8 Å². The number of carboxylic acid groups (broad SMARTS) is 1. The molecule has 0 saturated carbocycles. The molecule has 0 bridgehead atoms. The molecule has 1 aliphatic heterocycles. The highest BCUT2D eigenvalue weighted by atomic mass is 32.2. The third-order valence-corrected chi connectivity index (χ3v) is 5.41. The molecular formula is C15H18NO4S-. The third kappa shape index (κ3) is 4.15. The minimum Gasteiger partial charge on any atom is -0.545 e. The summed E-state index contributed by atoms with van der Waals surface area (Å²) in [5, 5.41) is 10.3. The van der Waals surface area contributed by atoms with Crippen molar-refractivity contribution in [2.75, 3.05) is 13.1 Å². The normalized spacial score (nSPS) is 17.7. The first-order chi connectivity index (χ1) is 10.00. The van der Waals surface area contributed by atoms with Gasteiger partial charge in [-0.05, 0) is 36.6 Å². The van der Waals surface area contributed by atoms with E-state index in [4.69, 9.17) is 0 Å². The van der Waals surface area contributed by atoms with Crippen LogP contribution in [0.3, 0.4) is 0 Å². The fourth-order valence-electron chi connectivity index (χ4n) is 2.35. The Kier molecular flexibility index (Phi) is 5.14. The summed E-state index contributed by atoms with van der Waals surface area (Å²) in [6.45, 7) is 1.13. The lowest BCUT2D eigenvalue weighted by molar-refractivity contribution is -0.297. The van der Waals surface area contributed by atoms with Crippen LogP contribution in [0.15, 0.2) is 35.2 Å². The lowest BCUT2D eigenvalue weighted by Crippen LogP contribution is -2.31. The van der Waals surface area contributed by atoms with Gasteiger partial charge in [0.15, 0.2) is 0 Å². The van der Waals surface area contributed by atoms with Gasteiger partial charge >= 0.3 is 0 Å². The lowest BCUT2D eigenvalue weighted by Gasteiger charge is -2.19. The van der Waals surface area contributed by atoms with Gasteiger partial charge in [-0.3, -0.25) is 0 Å². The highest BCUT2D eigenvalue weighted by molar-refractivity contribution is 7.89. The Balaban J connectivity index is 2.18. The molecule has 1 saturated heterocycles. The Morgan fingerprint density at radius 3 is 2.14 bits per heavy atom. The van der Waals surface area contributed by atoms with Gasteiger partial charge in [0.05, 0.1) is 10.9 Å². The Bertz CT molecular complexity index is 612. The van der Waals surface area contributed by atoms with E-state index in [1.807, 2.05) is 0 Å². The molecule has 6 heteroatoms. The standard InChI is InChI=1S/C15H19NO4S/c17-15(18)10-7-13-5-8-14(9-6-13)21(19,20)16-11-3-1-2-4-12-16/h5-10H,1-4,11-12H2,(H,17,18)/p-1/b10-7+. The smallest absolute Gasteiger partial charge is 0.243 e. The number of carbonyl (C=O) groups excluding carboxylic acids is 1. The molecule has 1 heterocycles. The van der Waals surface area contributed by atoms with Gasteiger partial charge in [0.1, 0.15) is 0 Å². The van der Waals surface area contributed by atoms with E-state index in [9.17, 15) is 18.3 Å². The molecule has 0 radical (unpaired) electrons. The molecule has 0 aliphatic carbocycles. The van der Waals surface area contributed by atoms with Gasteiger partial charge in [0, 0.05) is 13.1 Å². The number of rotatable bonds is 4. The average Bonchev–Trinajstić information content (AvgIpc) is 2.75. The number of hydrogen-bond acceptors (Lipinski definition) is 4. The van der Waals surface area contributed by atoms with Gasteiger partial charge in [0.2, 0.25) is 10.0 Å². The van der Waals surface area contributed by atoms with E-state index in [1.54, 1.807) is 12.1 Å². The number of carboxylic acids is 1. The molecular weight excluding hydrogens is 290 g/mol. The van der Waals surface area contributed by atoms with Gasteiger partial charge in [-0.2, -0.15) is 4.31 Å². The summed E-state index contributed by atoms with van der Waals surface area (Å²) in [6, 6.07) is 6.19. The summed E-state index contributed by atoms with van der Waals surface area (Å²) < 4.78 is 26.6. The molecule has 0 aromatic heterocycles. The second kappa shape index (κ2) is 6.87. The minimum atomic E-state index is -3.45. The molecule has 1 aromatic rings. The lowest BCUT2D eigenvalue weighted by atomic mass is 10.2. The van der Waals surface area contributed by atoms with E-state index in [-0.39, 0.29) is 4.90 Å². The average molecular weight is 308 g/mol. The molecule has 0 amide bonds. The molecule has 114 valence electrons. The number of hydrogen-bond donors (Lipinski definition) is 0. The summed E-state index contributed by atoms with van der Waals surface area (Å²) in [5.74, 6) is -1.28. The topological polar surface area (TPSA) is 77.5 Å². The summed E-state index contributed by atoms with van der Waals surface area (Å²) in [4.78, 5) is 10.6. The van der Waals surface area contributed by atoms with Crippen LogP contribution in [0.2, 0.25) is 0 Å². The molecule has 0 unspecified atom stereocenters. The van der Waals surface area contributed by atoms with Crippen molar-refractivity contribution in [2.45, 2.75) is 30.6 Å². The molecule has 1 fully saturated rings. The molecule has 0 atom stereocenters. The summed E-state index contributed by atoms with van der Waals surface area (Å²) in [6.07, 6.45) is 6.21. The van der Waals surface area contributed by atoms with Crippen LogP contribution in [0.25, 0.3) is 6.08 Å². The van der Waals surface area contributed by atoms with Gasteiger partial charge in [-0.1, -0.05) is 31.1 Å². The zero-order valence-electron chi connectivity index (χ0n) is 11.7. The maximum absolute atomic E-state index is 12.5. The zero-order chi connectivity index (χ0) is 15.3. The van der Waals surface area contributed by atoms with Crippen molar-refractivity contribution in [1.82, 2.24) is 4.31 Å². The second-order valence-electron chi connectivity index (χ2n) is 5.04. The summed E-state index contributed by atoms with van der Waals surface area (Å²) in [5.41, 5.74) is 0.619. The van der Waals surface area contributed by atoms with E-state index in [0.29, 0.717) is 18.7 Å². The predicted molar refractivity (Wildman–Crippen MR) is 77.7 cm³/mol. The SMILES string of the molecule is O=C([O-])/C=C/c1ccc(S(=O)(=O)N2CCCCCC2)cc1. The van der Waals surface area contributed by atoms with Crippen molar-refractivity contribution < 1.29 is 18.3 Å². The van der Waals surface area contributed by atoms with Crippen LogP contribution in [-0.4, -0.2) is 31.8 Å². The van der Waals surface area contributed by atoms with Crippen LogP contribution < -0.4 is 5.11 Å². The fraction of sp³-hybridized carbons (Fsp3) is 0.400. The quantitative estimate of drug-likeness (QED) is 0.778. The van der Waals surface area contributed by atoms with Crippen molar-refractivity contribution in [3.05, 3.63) is 35.9 Å². The zero-order valence-corrected chi connectivity index (χ0v) is 12.5. The van der Waals surface area contributed by atoms with Crippen LogP contribution in [-0.2, 0) is 14.8 Å². The first kappa shape index (κ1) is 15.7. The van der Waals surface area contributed by atoms with E-state index in [1.165, 1.54) is 22.5 Å². The van der Waals surface area contributed by atoms with Crippen LogP contribution in [0, 0.1) is 0 Å². The summed E-state index contributed by atoms with van der Waals surface area (Å²) >= 11 is 0. The highest BCUT2D eigenvalue weighted by Crippen LogP contribution is 2.20. The first-order valence-corrected chi connectivity index (χ1v) is 8.43. The van der Waals surface area contributed by atoms with Gasteiger partial charge < -0.3 is 9.90 Å². The molecule has 21 heavy (non-hydrogen) atoms. The number of carbonyl (C=O) groups is 1. The van der Waals surface area contributed by atoms with E-state index in [2.05, 4.69) is 0 Å². The third-order valence-electron chi connectivity index (χ3n) is 3.49. The number of aliphatic carboxylic acids is 1. The summed E-state index contributed by atoms with van der Waals surface area (Å²) in [7, 11) is -3.45. The Morgan fingerprint density at radius 1 is 1.05 bits per heavy atom. The molecule has 1 aromatic carbocycles. The highest BCUT2D eigenvalue weighted by Gasteiger charge is 2.24. The number of benzene rings is 1. The molecule has 1 aliphatic rings. The monoisotopic (exact) mass is 308 g/mol.